The minimum absolute atomic E-state index is 0.364. The van der Waals surface area contributed by atoms with Crippen LogP contribution < -0.4 is 0 Å². The predicted molar refractivity (Wildman–Crippen MR) is 86.8 cm³/mol. The van der Waals surface area contributed by atoms with Crippen molar-refractivity contribution in [3.63, 3.8) is 0 Å². The van der Waals surface area contributed by atoms with E-state index in [2.05, 4.69) is 39.8 Å². The van der Waals surface area contributed by atoms with Crippen molar-refractivity contribution >= 4 is 15.9 Å². The molecule has 1 fully saturated rings. The molecule has 3 nitrogen and oxygen atoms in total. The Morgan fingerprint density at radius 3 is 2.70 bits per heavy atom. The summed E-state index contributed by atoms with van der Waals surface area (Å²) in [5, 5.41) is 10.2. The van der Waals surface area contributed by atoms with Crippen LogP contribution in [0.5, 0.6) is 0 Å². The van der Waals surface area contributed by atoms with Gasteiger partial charge in [-0.25, -0.2) is 0 Å². The molecule has 4 heteroatoms. The van der Waals surface area contributed by atoms with Crippen molar-refractivity contribution in [2.45, 2.75) is 18.9 Å². The number of likely N-dealkylation sites (tertiary alicyclic amines) is 1. The summed E-state index contributed by atoms with van der Waals surface area (Å²) in [5.41, 5.74) is 1.00. The molecule has 1 saturated heterocycles. The van der Waals surface area contributed by atoms with Crippen LogP contribution in [0.2, 0.25) is 0 Å². The van der Waals surface area contributed by atoms with E-state index in [1.165, 1.54) is 19.5 Å². The molecule has 0 saturated carbocycles. The van der Waals surface area contributed by atoms with Crippen molar-refractivity contribution in [1.29, 1.82) is 0 Å². The Morgan fingerprint density at radius 2 is 2.10 bits per heavy atom. The van der Waals surface area contributed by atoms with Crippen LogP contribution in [0, 0.1) is 5.92 Å². The Hall–Kier alpha value is -0.420. The first-order chi connectivity index (χ1) is 9.54. The van der Waals surface area contributed by atoms with E-state index >= 15 is 0 Å². The summed E-state index contributed by atoms with van der Waals surface area (Å²) in [4.78, 5) is 4.75. The summed E-state index contributed by atoms with van der Waals surface area (Å²) in [7, 11) is 4.35. The fourth-order valence-corrected chi connectivity index (χ4v) is 3.17. The first kappa shape index (κ1) is 16.0. The van der Waals surface area contributed by atoms with Crippen LogP contribution in [0.3, 0.4) is 0 Å². The molecule has 0 aliphatic carbocycles. The van der Waals surface area contributed by atoms with Gasteiger partial charge in [0.1, 0.15) is 0 Å². The van der Waals surface area contributed by atoms with E-state index in [1.54, 1.807) is 0 Å². The highest BCUT2D eigenvalue weighted by Crippen LogP contribution is 2.20. The van der Waals surface area contributed by atoms with E-state index in [-0.39, 0.29) is 6.10 Å². The maximum absolute atomic E-state index is 10.2. The Bertz CT molecular complexity index is 409. The fourth-order valence-electron chi connectivity index (χ4n) is 2.90. The molecule has 0 aromatic heterocycles. The topological polar surface area (TPSA) is 26.7 Å². The monoisotopic (exact) mass is 340 g/mol. The highest BCUT2D eigenvalue weighted by Gasteiger charge is 2.20. The summed E-state index contributed by atoms with van der Waals surface area (Å²) < 4.78 is 1.05. The van der Waals surface area contributed by atoms with Crippen LogP contribution in [0.4, 0.5) is 0 Å². The lowest BCUT2D eigenvalue weighted by molar-refractivity contribution is 0.144. The first-order valence-corrected chi connectivity index (χ1v) is 8.14. The molecule has 1 aromatic carbocycles. The zero-order valence-corrected chi connectivity index (χ0v) is 14.0. The molecule has 0 radical (unpaired) electrons. The molecular weight excluding hydrogens is 316 g/mol. The van der Waals surface area contributed by atoms with Crippen molar-refractivity contribution in [1.82, 2.24) is 9.80 Å². The average molecular weight is 341 g/mol. The number of hydrogen-bond acceptors (Lipinski definition) is 3. The molecule has 2 atom stereocenters. The molecule has 0 amide bonds. The number of nitrogens with zero attached hydrogens (tertiary/aromatic N) is 2. The third kappa shape index (κ3) is 4.85. The molecule has 2 rings (SSSR count). The van der Waals surface area contributed by atoms with Gasteiger partial charge in [-0.2, -0.15) is 0 Å². The second kappa shape index (κ2) is 7.55. The zero-order chi connectivity index (χ0) is 14.5. The normalized spacial score (nSPS) is 21.6. The maximum atomic E-state index is 10.2. The van der Waals surface area contributed by atoms with Crippen LogP contribution in [-0.4, -0.2) is 55.2 Å². The number of aliphatic hydroxyl groups is 1. The molecule has 1 aromatic rings. The van der Waals surface area contributed by atoms with Gasteiger partial charge in [-0.1, -0.05) is 28.1 Å². The van der Waals surface area contributed by atoms with E-state index in [9.17, 15) is 5.11 Å². The van der Waals surface area contributed by atoms with Gasteiger partial charge in [0.2, 0.25) is 0 Å². The van der Waals surface area contributed by atoms with Crippen molar-refractivity contribution in [2.24, 2.45) is 5.92 Å². The molecule has 20 heavy (non-hydrogen) atoms. The zero-order valence-electron chi connectivity index (χ0n) is 12.4. The molecule has 0 spiro atoms. The number of benzene rings is 1. The van der Waals surface area contributed by atoms with Crippen molar-refractivity contribution < 1.29 is 5.11 Å². The average Bonchev–Trinajstić information content (AvgIpc) is 2.82. The quantitative estimate of drug-likeness (QED) is 0.862. The summed E-state index contributed by atoms with van der Waals surface area (Å²) in [6, 6.07) is 7.94. The van der Waals surface area contributed by atoms with Gasteiger partial charge in [-0.05, 0) is 57.1 Å². The maximum Gasteiger partial charge on any atom is 0.0802 e. The number of rotatable bonds is 6. The van der Waals surface area contributed by atoms with E-state index < -0.39 is 0 Å². The Morgan fingerprint density at radius 1 is 1.40 bits per heavy atom. The van der Waals surface area contributed by atoms with Crippen LogP contribution in [0.1, 0.15) is 24.5 Å². The van der Waals surface area contributed by atoms with E-state index in [1.807, 2.05) is 24.3 Å². The molecule has 1 N–H and O–H groups in total. The van der Waals surface area contributed by atoms with Gasteiger partial charge in [0.15, 0.2) is 0 Å². The lowest BCUT2D eigenvalue weighted by Crippen LogP contribution is -2.29. The number of halogens is 1. The highest BCUT2D eigenvalue weighted by molar-refractivity contribution is 9.10. The van der Waals surface area contributed by atoms with E-state index in [0.717, 1.165) is 35.5 Å². The SMILES string of the molecule is CN1CCC(CN(C)CCC(O)c2ccc(Br)cc2)C1. The standard InChI is InChI=1S/C16H25BrN2O/c1-18-9-7-13(11-18)12-19(2)10-8-16(20)14-3-5-15(17)6-4-14/h3-6,13,16,20H,7-12H2,1-2H3. The predicted octanol–water partition coefficient (Wildman–Crippen LogP) is 2.76. The second-order valence-corrected chi connectivity index (χ2v) is 6.95. The van der Waals surface area contributed by atoms with Crippen LogP contribution in [-0.2, 0) is 0 Å². The van der Waals surface area contributed by atoms with Gasteiger partial charge in [-0.3, -0.25) is 0 Å². The molecule has 2 unspecified atom stereocenters. The van der Waals surface area contributed by atoms with E-state index in [4.69, 9.17) is 0 Å². The van der Waals surface area contributed by atoms with Crippen molar-refractivity contribution in [3.05, 3.63) is 34.3 Å². The highest BCUT2D eigenvalue weighted by atomic mass is 79.9. The summed E-state index contributed by atoms with van der Waals surface area (Å²) in [5.74, 6) is 0.787. The van der Waals surface area contributed by atoms with Gasteiger partial charge in [-0.15, -0.1) is 0 Å². The van der Waals surface area contributed by atoms with E-state index in [0.29, 0.717) is 0 Å². The number of hydrogen-bond donors (Lipinski definition) is 1. The van der Waals surface area contributed by atoms with Gasteiger partial charge in [0.25, 0.3) is 0 Å². The molecule has 1 aliphatic heterocycles. The molecule has 1 aliphatic rings. The minimum atomic E-state index is -0.364. The van der Waals surface area contributed by atoms with Gasteiger partial charge >= 0.3 is 0 Å². The summed E-state index contributed by atoms with van der Waals surface area (Å²) in [6.07, 6.45) is 1.73. The van der Waals surface area contributed by atoms with Gasteiger partial charge in [0, 0.05) is 24.1 Å². The smallest absolute Gasteiger partial charge is 0.0802 e. The summed E-state index contributed by atoms with van der Waals surface area (Å²) >= 11 is 3.42. The minimum Gasteiger partial charge on any atom is -0.388 e. The van der Waals surface area contributed by atoms with Crippen LogP contribution in [0.25, 0.3) is 0 Å². The second-order valence-electron chi connectivity index (χ2n) is 6.04. The molecule has 1 heterocycles. The van der Waals surface area contributed by atoms with Crippen LogP contribution >= 0.6 is 15.9 Å². The van der Waals surface area contributed by atoms with Crippen LogP contribution in [0.15, 0.2) is 28.7 Å². The Labute approximate surface area is 130 Å². The number of aliphatic hydroxyl groups excluding tert-OH is 1. The third-order valence-corrected chi connectivity index (χ3v) is 4.63. The lowest BCUT2D eigenvalue weighted by atomic mass is 10.1. The van der Waals surface area contributed by atoms with Crippen molar-refractivity contribution in [3.8, 4) is 0 Å². The molecule has 0 bridgehead atoms. The molecular formula is C16H25BrN2O. The molecule has 112 valence electrons. The Kier molecular flexibility index (Phi) is 6.02. The first-order valence-electron chi connectivity index (χ1n) is 7.35. The fraction of sp³-hybridized carbons (Fsp3) is 0.625. The van der Waals surface area contributed by atoms with Gasteiger partial charge in [0.05, 0.1) is 6.10 Å². The lowest BCUT2D eigenvalue weighted by Gasteiger charge is -2.22. The summed E-state index contributed by atoms with van der Waals surface area (Å²) in [6.45, 7) is 4.51. The largest absolute Gasteiger partial charge is 0.388 e. The third-order valence-electron chi connectivity index (χ3n) is 4.10. The Balaban J connectivity index is 1.72. The van der Waals surface area contributed by atoms with Gasteiger partial charge < -0.3 is 14.9 Å². The van der Waals surface area contributed by atoms with Crippen molar-refractivity contribution in [2.75, 3.05) is 40.3 Å².